The van der Waals surface area contributed by atoms with E-state index in [0.717, 1.165) is 38.2 Å². The minimum absolute atomic E-state index is 0.233. The third kappa shape index (κ3) is 4.28. The Labute approximate surface area is 119 Å². The Morgan fingerprint density at radius 3 is 2.90 bits per heavy atom. The van der Waals surface area contributed by atoms with E-state index < -0.39 is 12.9 Å². The first-order chi connectivity index (χ1) is 9.56. The number of nitrogens with zero attached hydrogens (tertiary/aromatic N) is 1. The van der Waals surface area contributed by atoms with Gasteiger partial charge in [-0.1, -0.05) is 6.07 Å². The molecule has 1 saturated heterocycles. The van der Waals surface area contributed by atoms with Crippen molar-refractivity contribution in [2.24, 2.45) is 5.92 Å². The van der Waals surface area contributed by atoms with Crippen LogP contribution in [0.4, 0.5) is 4.39 Å². The highest BCUT2D eigenvalue weighted by atomic mass is 19.1. The minimum atomic E-state index is -1.65. The SMILES string of the molecule is CN(Cc1ccc(F)cc1B(O)O)CC1CCCOC1. The van der Waals surface area contributed by atoms with Gasteiger partial charge in [0.25, 0.3) is 0 Å². The number of rotatable bonds is 5. The molecule has 4 nitrogen and oxygen atoms in total. The quantitative estimate of drug-likeness (QED) is 0.765. The average Bonchev–Trinajstić information content (AvgIpc) is 2.41. The molecule has 0 saturated carbocycles. The molecule has 1 fully saturated rings. The molecule has 0 spiro atoms. The van der Waals surface area contributed by atoms with Gasteiger partial charge in [0, 0.05) is 19.7 Å². The summed E-state index contributed by atoms with van der Waals surface area (Å²) in [6.45, 7) is 3.07. The van der Waals surface area contributed by atoms with Crippen LogP contribution in [-0.4, -0.2) is 48.9 Å². The predicted octanol–water partition coefficient (Wildman–Crippen LogP) is 0.364. The highest BCUT2D eigenvalue weighted by molar-refractivity contribution is 6.59. The number of benzene rings is 1. The molecule has 0 aliphatic carbocycles. The summed E-state index contributed by atoms with van der Waals surface area (Å²) < 4.78 is 18.6. The summed E-state index contributed by atoms with van der Waals surface area (Å²) in [4.78, 5) is 2.11. The summed E-state index contributed by atoms with van der Waals surface area (Å²) in [6, 6.07) is 4.13. The largest absolute Gasteiger partial charge is 0.488 e. The molecular formula is C14H21BFNO3. The molecule has 2 N–H and O–H groups in total. The molecule has 1 aliphatic heterocycles. The second-order valence-corrected chi connectivity index (χ2v) is 5.50. The van der Waals surface area contributed by atoms with Crippen molar-refractivity contribution in [3.05, 3.63) is 29.6 Å². The van der Waals surface area contributed by atoms with Crippen LogP contribution < -0.4 is 5.46 Å². The third-order valence-corrected chi connectivity index (χ3v) is 3.65. The summed E-state index contributed by atoms with van der Waals surface area (Å²) in [6.07, 6.45) is 2.25. The zero-order valence-electron chi connectivity index (χ0n) is 11.8. The fourth-order valence-electron chi connectivity index (χ4n) is 2.70. The van der Waals surface area contributed by atoms with Gasteiger partial charge in [-0.3, -0.25) is 0 Å². The maximum absolute atomic E-state index is 13.2. The third-order valence-electron chi connectivity index (χ3n) is 3.65. The van der Waals surface area contributed by atoms with Crippen molar-refractivity contribution in [2.75, 3.05) is 26.8 Å². The van der Waals surface area contributed by atoms with Crippen LogP contribution in [0, 0.1) is 11.7 Å². The normalized spacial score (nSPS) is 19.4. The van der Waals surface area contributed by atoms with Crippen LogP contribution >= 0.6 is 0 Å². The molecule has 1 aromatic rings. The summed E-state index contributed by atoms with van der Waals surface area (Å²) >= 11 is 0. The lowest BCUT2D eigenvalue weighted by Gasteiger charge is -2.27. The van der Waals surface area contributed by atoms with Crippen molar-refractivity contribution in [1.82, 2.24) is 4.90 Å². The van der Waals surface area contributed by atoms with Gasteiger partial charge in [-0.15, -0.1) is 0 Å². The number of ether oxygens (including phenoxy) is 1. The van der Waals surface area contributed by atoms with E-state index in [1.54, 1.807) is 6.07 Å². The maximum atomic E-state index is 13.2. The molecule has 110 valence electrons. The van der Waals surface area contributed by atoms with Crippen LogP contribution in [-0.2, 0) is 11.3 Å². The second kappa shape index (κ2) is 7.17. The average molecular weight is 281 g/mol. The van der Waals surface area contributed by atoms with Crippen molar-refractivity contribution >= 4 is 12.6 Å². The van der Waals surface area contributed by atoms with Crippen LogP contribution in [0.25, 0.3) is 0 Å². The molecule has 6 heteroatoms. The number of hydrogen-bond donors (Lipinski definition) is 2. The lowest BCUT2D eigenvalue weighted by molar-refractivity contribution is 0.0412. The van der Waals surface area contributed by atoms with Crippen LogP contribution in [0.15, 0.2) is 18.2 Å². The predicted molar refractivity (Wildman–Crippen MR) is 76.1 cm³/mol. The zero-order chi connectivity index (χ0) is 14.5. The Balaban J connectivity index is 1.97. The van der Waals surface area contributed by atoms with E-state index in [1.165, 1.54) is 12.1 Å². The molecule has 1 aromatic carbocycles. The summed E-state index contributed by atoms with van der Waals surface area (Å²) in [5.74, 6) is 0.0527. The summed E-state index contributed by atoms with van der Waals surface area (Å²) in [7, 11) is 0.331. The van der Waals surface area contributed by atoms with Crippen molar-refractivity contribution in [3.63, 3.8) is 0 Å². The molecule has 1 aliphatic rings. The summed E-state index contributed by atoms with van der Waals surface area (Å²) in [5.41, 5.74) is 0.970. The molecule has 1 unspecified atom stereocenters. The fourth-order valence-corrected chi connectivity index (χ4v) is 2.70. The van der Waals surface area contributed by atoms with Gasteiger partial charge in [0.15, 0.2) is 0 Å². The van der Waals surface area contributed by atoms with Crippen molar-refractivity contribution in [1.29, 1.82) is 0 Å². The van der Waals surface area contributed by atoms with E-state index in [4.69, 9.17) is 4.74 Å². The van der Waals surface area contributed by atoms with Gasteiger partial charge in [0.2, 0.25) is 0 Å². The Kier molecular flexibility index (Phi) is 5.54. The molecule has 0 bridgehead atoms. The molecule has 1 atom stereocenters. The van der Waals surface area contributed by atoms with E-state index in [-0.39, 0.29) is 5.46 Å². The fraction of sp³-hybridized carbons (Fsp3) is 0.571. The smallest absolute Gasteiger partial charge is 0.423 e. The van der Waals surface area contributed by atoms with Gasteiger partial charge in [-0.25, -0.2) is 4.39 Å². The van der Waals surface area contributed by atoms with Crippen molar-refractivity contribution in [2.45, 2.75) is 19.4 Å². The lowest BCUT2D eigenvalue weighted by Crippen LogP contribution is -2.37. The van der Waals surface area contributed by atoms with Gasteiger partial charge >= 0.3 is 7.12 Å². The van der Waals surface area contributed by atoms with E-state index in [9.17, 15) is 14.4 Å². The molecule has 20 heavy (non-hydrogen) atoms. The summed E-state index contributed by atoms with van der Waals surface area (Å²) in [5, 5.41) is 18.6. The first-order valence-electron chi connectivity index (χ1n) is 6.97. The monoisotopic (exact) mass is 281 g/mol. The van der Waals surface area contributed by atoms with E-state index in [2.05, 4.69) is 4.90 Å². The Bertz CT molecular complexity index is 438. The molecule has 0 aromatic heterocycles. The van der Waals surface area contributed by atoms with Gasteiger partial charge in [-0.2, -0.15) is 0 Å². The van der Waals surface area contributed by atoms with Gasteiger partial charge in [0.05, 0.1) is 6.61 Å². The minimum Gasteiger partial charge on any atom is -0.423 e. The topological polar surface area (TPSA) is 52.9 Å². The molecule has 0 amide bonds. The Morgan fingerprint density at radius 1 is 1.45 bits per heavy atom. The molecular weight excluding hydrogens is 260 g/mol. The molecule has 0 radical (unpaired) electrons. The van der Waals surface area contributed by atoms with E-state index in [1.807, 2.05) is 7.05 Å². The van der Waals surface area contributed by atoms with Crippen LogP contribution in [0.5, 0.6) is 0 Å². The van der Waals surface area contributed by atoms with Gasteiger partial charge in [-0.05, 0) is 49.0 Å². The van der Waals surface area contributed by atoms with Crippen LogP contribution in [0.2, 0.25) is 0 Å². The van der Waals surface area contributed by atoms with Gasteiger partial charge < -0.3 is 19.7 Å². The lowest BCUT2D eigenvalue weighted by atomic mass is 9.77. The Hall–Kier alpha value is -0.945. The standard InChI is InChI=1S/C14H21BFNO3/c1-17(8-11-3-2-6-20-10-11)9-12-4-5-13(16)7-14(12)15(18)19/h4-5,7,11,18-19H,2-3,6,8-10H2,1H3. The zero-order valence-corrected chi connectivity index (χ0v) is 11.8. The first kappa shape index (κ1) is 15.4. The van der Waals surface area contributed by atoms with Crippen LogP contribution in [0.1, 0.15) is 18.4 Å². The highest BCUT2D eigenvalue weighted by Crippen LogP contribution is 2.15. The van der Waals surface area contributed by atoms with Gasteiger partial charge in [0.1, 0.15) is 5.82 Å². The molecule has 1 heterocycles. The highest BCUT2D eigenvalue weighted by Gasteiger charge is 2.20. The second-order valence-electron chi connectivity index (χ2n) is 5.50. The van der Waals surface area contributed by atoms with E-state index >= 15 is 0 Å². The number of halogens is 1. The van der Waals surface area contributed by atoms with Crippen molar-refractivity contribution < 1.29 is 19.2 Å². The molecule has 2 rings (SSSR count). The van der Waals surface area contributed by atoms with Crippen LogP contribution in [0.3, 0.4) is 0 Å². The van der Waals surface area contributed by atoms with E-state index in [0.29, 0.717) is 12.5 Å². The Morgan fingerprint density at radius 2 is 2.25 bits per heavy atom. The first-order valence-corrected chi connectivity index (χ1v) is 6.97. The maximum Gasteiger partial charge on any atom is 0.488 e. The van der Waals surface area contributed by atoms with Crippen molar-refractivity contribution in [3.8, 4) is 0 Å². The number of hydrogen-bond acceptors (Lipinski definition) is 4.